The maximum absolute atomic E-state index is 10.0. The van der Waals surface area contributed by atoms with E-state index < -0.39 is 10.3 Å². The third-order valence-corrected chi connectivity index (χ3v) is 0.415. The SMILES string of the molecule is CC(=O)NNC(C)=O.NS(=O)(=O)O. The van der Waals surface area contributed by atoms with E-state index in [0.29, 0.717) is 0 Å². The van der Waals surface area contributed by atoms with Crippen molar-refractivity contribution in [2.75, 3.05) is 0 Å². The van der Waals surface area contributed by atoms with Crippen LogP contribution in [-0.4, -0.2) is 24.8 Å². The first-order valence-electron chi connectivity index (χ1n) is 2.91. The molecule has 0 spiro atoms. The van der Waals surface area contributed by atoms with Gasteiger partial charge in [0.15, 0.2) is 0 Å². The molecule has 0 fully saturated rings. The number of rotatable bonds is 0. The van der Waals surface area contributed by atoms with Gasteiger partial charge < -0.3 is 0 Å². The molecule has 13 heavy (non-hydrogen) atoms. The van der Waals surface area contributed by atoms with Gasteiger partial charge in [0.05, 0.1) is 0 Å². The van der Waals surface area contributed by atoms with Crippen molar-refractivity contribution >= 4 is 22.1 Å². The molecule has 0 rings (SSSR count). The predicted molar refractivity (Wildman–Crippen MR) is 43.4 cm³/mol. The molecule has 8 nitrogen and oxygen atoms in total. The van der Waals surface area contributed by atoms with Gasteiger partial charge in [-0.1, -0.05) is 0 Å². The first-order valence-corrected chi connectivity index (χ1v) is 4.41. The third kappa shape index (κ3) is 57.8. The highest BCUT2D eigenvalue weighted by atomic mass is 32.2. The van der Waals surface area contributed by atoms with Gasteiger partial charge in [-0.15, -0.1) is 0 Å². The second-order valence-corrected chi connectivity index (χ2v) is 2.91. The van der Waals surface area contributed by atoms with Crippen LogP contribution >= 0.6 is 0 Å². The Hall–Kier alpha value is -1.19. The molecule has 0 saturated carbocycles. The molecule has 0 aromatic rings. The zero-order valence-corrected chi connectivity index (χ0v) is 7.88. The van der Waals surface area contributed by atoms with Crippen LogP contribution in [0.5, 0.6) is 0 Å². The van der Waals surface area contributed by atoms with Crippen LogP contribution in [0.1, 0.15) is 13.8 Å². The molecular weight excluding hydrogens is 202 g/mol. The summed E-state index contributed by atoms with van der Waals surface area (Å²) < 4.78 is 25.2. The van der Waals surface area contributed by atoms with E-state index in [1.807, 2.05) is 0 Å². The van der Waals surface area contributed by atoms with Crippen molar-refractivity contribution in [3.8, 4) is 0 Å². The van der Waals surface area contributed by atoms with Gasteiger partial charge in [0.2, 0.25) is 11.8 Å². The molecule has 0 atom stereocenters. The van der Waals surface area contributed by atoms with Crippen molar-refractivity contribution < 1.29 is 22.6 Å². The Morgan fingerprint density at radius 1 is 1.15 bits per heavy atom. The minimum absolute atomic E-state index is 0.278. The molecule has 0 aliphatic rings. The fourth-order valence-electron chi connectivity index (χ4n) is 0.176. The Kier molecular flexibility index (Phi) is 6.99. The minimum atomic E-state index is -4.17. The van der Waals surface area contributed by atoms with Gasteiger partial charge in [-0.25, -0.2) is 5.14 Å². The molecule has 0 aliphatic carbocycles. The highest BCUT2D eigenvalue weighted by molar-refractivity contribution is 7.83. The molecule has 0 aliphatic heterocycles. The molecule has 0 aromatic carbocycles. The van der Waals surface area contributed by atoms with E-state index in [1.165, 1.54) is 13.8 Å². The summed E-state index contributed by atoms with van der Waals surface area (Å²) in [5, 5.41) is 3.88. The minimum Gasteiger partial charge on any atom is -0.274 e. The Bertz CT molecular complexity index is 250. The summed E-state index contributed by atoms with van der Waals surface area (Å²) in [6.45, 7) is 2.63. The van der Waals surface area contributed by atoms with Crippen molar-refractivity contribution in [1.29, 1.82) is 0 Å². The molecule has 0 bridgehead atoms. The molecule has 2 amide bonds. The van der Waals surface area contributed by atoms with E-state index in [-0.39, 0.29) is 11.8 Å². The summed E-state index contributed by atoms with van der Waals surface area (Å²) in [5.41, 5.74) is 4.21. The van der Waals surface area contributed by atoms with Crippen molar-refractivity contribution in [2.24, 2.45) is 5.14 Å². The quantitative estimate of drug-likeness (QED) is 0.270. The third-order valence-electron chi connectivity index (χ3n) is 0.415. The van der Waals surface area contributed by atoms with Crippen LogP contribution in [0.25, 0.3) is 0 Å². The van der Waals surface area contributed by atoms with Crippen LogP contribution in [-0.2, 0) is 19.9 Å². The van der Waals surface area contributed by atoms with E-state index >= 15 is 0 Å². The molecular formula is C4H11N3O5S. The molecule has 0 unspecified atom stereocenters. The molecule has 5 N–H and O–H groups in total. The van der Waals surface area contributed by atoms with Gasteiger partial charge in [0.25, 0.3) is 0 Å². The van der Waals surface area contributed by atoms with Crippen LogP contribution in [0.3, 0.4) is 0 Å². The lowest BCUT2D eigenvalue weighted by atomic mass is 10.7. The normalized spacial score (nSPS) is 9.23. The van der Waals surface area contributed by atoms with E-state index in [1.54, 1.807) is 0 Å². The van der Waals surface area contributed by atoms with Gasteiger partial charge in [-0.2, -0.15) is 8.42 Å². The molecule has 0 aromatic heterocycles. The maximum atomic E-state index is 10.0. The van der Waals surface area contributed by atoms with E-state index in [4.69, 9.17) is 13.0 Å². The Balaban J connectivity index is 0. The lowest BCUT2D eigenvalue weighted by Gasteiger charge is -1.97. The number of amides is 2. The van der Waals surface area contributed by atoms with E-state index in [2.05, 4.69) is 16.0 Å². The summed E-state index contributed by atoms with van der Waals surface area (Å²) in [6, 6.07) is 0. The number of nitrogens with two attached hydrogens (primary N) is 1. The number of carbonyl (C=O) groups is 2. The number of hydrazine groups is 1. The van der Waals surface area contributed by atoms with Crippen molar-refractivity contribution in [2.45, 2.75) is 13.8 Å². The van der Waals surface area contributed by atoms with Gasteiger partial charge in [0.1, 0.15) is 0 Å². The highest BCUT2D eigenvalue weighted by Gasteiger charge is 1.88. The predicted octanol–water partition coefficient (Wildman–Crippen LogP) is -2.08. The van der Waals surface area contributed by atoms with Crippen LogP contribution in [0, 0.1) is 0 Å². The summed E-state index contributed by atoms with van der Waals surface area (Å²) in [7, 11) is -4.17. The van der Waals surface area contributed by atoms with Crippen LogP contribution in [0.2, 0.25) is 0 Å². The zero-order chi connectivity index (χ0) is 11.1. The Labute approximate surface area is 75.3 Å². The number of carbonyl (C=O) groups excluding carboxylic acids is 2. The lowest BCUT2D eigenvalue weighted by molar-refractivity contribution is -0.126. The molecule has 0 saturated heterocycles. The van der Waals surface area contributed by atoms with Gasteiger partial charge in [0, 0.05) is 13.8 Å². The van der Waals surface area contributed by atoms with Gasteiger partial charge in [-0.05, 0) is 0 Å². The zero-order valence-electron chi connectivity index (χ0n) is 7.07. The van der Waals surface area contributed by atoms with Crippen LogP contribution < -0.4 is 16.0 Å². The van der Waals surface area contributed by atoms with E-state index in [0.717, 1.165) is 0 Å². The highest BCUT2D eigenvalue weighted by Crippen LogP contribution is 1.54. The number of hydrogen-bond donors (Lipinski definition) is 4. The summed E-state index contributed by atoms with van der Waals surface area (Å²) in [4.78, 5) is 20.0. The molecule has 78 valence electrons. The first-order chi connectivity index (χ1) is 5.63. The average molecular weight is 213 g/mol. The standard InChI is InChI=1S/C4H8N2O2.H3NO3S/c1-3(7)5-6-4(2)8;1-5(2,3)4/h1-2H3,(H,5,7)(H,6,8);(H3,1,2,3,4). The van der Waals surface area contributed by atoms with Crippen LogP contribution in [0.4, 0.5) is 0 Å². The van der Waals surface area contributed by atoms with Gasteiger partial charge in [-0.3, -0.25) is 25.0 Å². The smallest absolute Gasteiger partial charge is 0.274 e. The van der Waals surface area contributed by atoms with Crippen molar-refractivity contribution in [3.05, 3.63) is 0 Å². The second kappa shape index (κ2) is 6.34. The van der Waals surface area contributed by atoms with Gasteiger partial charge >= 0.3 is 10.3 Å². The fourth-order valence-corrected chi connectivity index (χ4v) is 0.176. The number of hydrogen-bond acceptors (Lipinski definition) is 4. The lowest BCUT2D eigenvalue weighted by Crippen LogP contribution is -2.38. The maximum Gasteiger partial charge on any atom is 0.330 e. The Morgan fingerprint density at radius 2 is 1.31 bits per heavy atom. The Morgan fingerprint density at radius 3 is 1.38 bits per heavy atom. The molecule has 0 heterocycles. The first kappa shape index (κ1) is 14.3. The monoisotopic (exact) mass is 213 g/mol. The summed E-state index contributed by atoms with van der Waals surface area (Å²) in [6.07, 6.45) is 0. The number of nitrogens with one attached hydrogen (secondary N) is 2. The fraction of sp³-hybridized carbons (Fsp3) is 0.500. The van der Waals surface area contributed by atoms with Crippen molar-refractivity contribution in [1.82, 2.24) is 10.9 Å². The average Bonchev–Trinajstić information content (AvgIpc) is 1.79. The second-order valence-electron chi connectivity index (χ2n) is 1.88. The van der Waals surface area contributed by atoms with Crippen LogP contribution in [0.15, 0.2) is 0 Å². The van der Waals surface area contributed by atoms with E-state index in [9.17, 15) is 9.59 Å². The molecule has 9 heteroatoms. The topological polar surface area (TPSA) is 139 Å². The summed E-state index contributed by atoms with van der Waals surface area (Å²) >= 11 is 0. The molecule has 0 radical (unpaired) electrons. The largest absolute Gasteiger partial charge is 0.330 e. The summed E-state index contributed by atoms with van der Waals surface area (Å²) in [5.74, 6) is -0.555. The van der Waals surface area contributed by atoms with Crippen molar-refractivity contribution in [3.63, 3.8) is 0 Å².